The lowest BCUT2D eigenvalue weighted by atomic mass is 10.0. The van der Waals surface area contributed by atoms with E-state index < -0.39 is 0 Å². The lowest BCUT2D eigenvalue weighted by molar-refractivity contribution is 0.177. The van der Waals surface area contributed by atoms with Crippen molar-refractivity contribution in [2.24, 2.45) is 5.92 Å². The molecule has 1 saturated heterocycles. The normalized spacial score (nSPS) is 17.4. The highest BCUT2D eigenvalue weighted by atomic mass is 16.6. The molecular formula is C20H23N7O2. The number of carbonyl (C=O) groups excluding carboxylic acids is 1. The highest BCUT2D eigenvalue weighted by molar-refractivity contribution is 5.89. The maximum atomic E-state index is 12.2. The summed E-state index contributed by atoms with van der Waals surface area (Å²) >= 11 is 0. The number of nitrogens with zero attached hydrogens (tertiary/aromatic N) is 6. The van der Waals surface area contributed by atoms with Gasteiger partial charge in [0.05, 0.1) is 24.0 Å². The van der Waals surface area contributed by atoms with Crippen molar-refractivity contribution in [3.8, 4) is 5.69 Å². The predicted molar refractivity (Wildman–Crippen MR) is 108 cm³/mol. The third-order valence-electron chi connectivity index (χ3n) is 4.88. The van der Waals surface area contributed by atoms with E-state index in [1.165, 1.54) is 0 Å². The predicted octanol–water partition coefficient (Wildman–Crippen LogP) is 3.21. The topological polar surface area (TPSA) is 98.1 Å². The van der Waals surface area contributed by atoms with Crippen LogP contribution in [0.2, 0.25) is 0 Å². The number of cyclic esters (lactones) is 1. The van der Waals surface area contributed by atoms with Gasteiger partial charge in [0.15, 0.2) is 0 Å². The minimum atomic E-state index is -0.382. The molecule has 3 heterocycles. The third-order valence-corrected chi connectivity index (χ3v) is 4.88. The van der Waals surface area contributed by atoms with Crippen molar-refractivity contribution in [2.45, 2.75) is 32.9 Å². The molecule has 1 aromatic carbocycles. The minimum absolute atomic E-state index is 0.0477. The molecule has 0 aliphatic carbocycles. The maximum Gasteiger partial charge on any atom is 0.415 e. The van der Waals surface area contributed by atoms with Crippen LogP contribution in [0.25, 0.3) is 5.69 Å². The molecule has 1 N–H and O–H groups in total. The molecule has 1 fully saturated rings. The van der Waals surface area contributed by atoms with Gasteiger partial charge in [-0.1, -0.05) is 37.3 Å². The van der Waals surface area contributed by atoms with Crippen LogP contribution in [0.5, 0.6) is 0 Å². The van der Waals surface area contributed by atoms with Crippen LogP contribution in [0.15, 0.2) is 48.8 Å². The Morgan fingerprint density at radius 2 is 1.97 bits per heavy atom. The number of carbonyl (C=O) groups is 1. The Morgan fingerprint density at radius 3 is 2.72 bits per heavy atom. The first-order valence-electron chi connectivity index (χ1n) is 9.56. The molecule has 9 heteroatoms. The average Bonchev–Trinajstić information content (AvgIpc) is 3.36. The van der Waals surface area contributed by atoms with E-state index in [0.29, 0.717) is 18.4 Å². The zero-order valence-corrected chi connectivity index (χ0v) is 16.6. The van der Waals surface area contributed by atoms with E-state index in [-0.39, 0.29) is 24.1 Å². The van der Waals surface area contributed by atoms with E-state index in [1.54, 1.807) is 21.8 Å². The third kappa shape index (κ3) is 3.89. The zero-order chi connectivity index (χ0) is 20.4. The molecule has 3 aromatic rings. The van der Waals surface area contributed by atoms with Gasteiger partial charge >= 0.3 is 6.09 Å². The highest BCUT2D eigenvalue weighted by Crippen LogP contribution is 2.26. The number of hydrogen-bond donors (Lipinski definition) is 1. The van der Waals surface area contributed by atoms with Crippen LogP contribution in [-0.4, -0.2) is 43.7 Å². The Balaban J connectivity index is 1.51. The van der Waals surface area contributed by atoms with Crippen LogP contribution < -0.4 is 10.2 Å². The number of benzene rings is 1. The van der Waals surface area contributed by atoms with E-state index in [0.717, 1.165) is 11.4 Å². The fraction of sp³-hybridized carbons (Fsp3) is 0.350. The summed E-state index contributed by atoms with van der Waals surface area (Å²) < 4.78 is 6.93. The number of ether oxygens (including phenoxy) is 1. The van der Waals surface area contributed by atoms with Gasteiger partial charge in [-0.3, -0.25) is 4.90 Å². The van der Waals surface area contributed by atoms with Crippen LogP contribution in [0.3, 0.4) is 0 Å². The minimum Gasteiger partial charge on any atom is -0.447 e. The molecule has 0 bridgehead atoms. The van der Waals surface area contributed by atoms with Crippen LogP contribution in [0.1, 0.15) is 32.5 Å². The summed E-state index contributed by atoms with van der Waals surface area (Å²) in [6, 6.07) is 11.3. The molecule has 1 amide bonds. The number of nitrogens with one attached hydrogen (secondary N) is 1. The number of amides is 1. The van der Waals surface area contributed by atoms with Crippen LogP contribution in [-0.2, 0) is 4.74 Å². The van der Waals surface area contributed by atoms with Crippen molar-refractivity contribution in [1.82, 2.24) is 25.0 Å². The molecule has 0 radical (unpaired) electrons. The van der Waals surface area contributed by atoms with E-state index in [2.05, 4.69) is 39.4 Å². The van der Waals surface area contributed by atoms with Crippen molar-refractivity contribution in [2.75, 3.05) is 16.8 Å². The highest BCUT2D eigenvalue weighted by Gasteiger charge is 2.37. The smallest absolute Gasteiger partial charge is 0.415 e. The van der Waals surface area contributed by atoms with Crippen LogP contribution in [0.4, 0.5) is 16.6 Å². The molecule has 29 heavy (non-hydrogen) atoms. The quantitative estimate of drug-likeness (QED) is 0.686. The summed E-state index contributed by atoms with van der Waals surface area (Å²) in [6.07, 6.45) is 3.11. The molecule has 2 aromatic heterocycles. The van der Waals surface area contributed by atoms with Crippen LogP contribution in [0, 0.1) is 5.92 Å². The summed E-state index contributed by atoms with van der Waals surface area (Å²) in [5, 5.41) is 11.7. The molecule has 0 saturated carbocycles. The first kappa shape index (κ1) is 18.9. The lowest BCUT2D eigenvalue weighted by Gasteiger charge is -2.23. The first-order valence-corrected chi connectivity index (χ1v) is 9.56. The van der Waals surface area contributed by atoms with Gasteiger partial charge in [0, 0.05) is 6.20 Å². The second-order valence-corrected chi connectivity index (χ2v) is 7.29. The van der Waals surface area contributed by atoms with Gasteiger partial charge in [-0.15, -0.1) is 5.10 Å². The molecule has 4 rings (SSSR count). The van der Waals surface area contributed by atoms with Gasteiger partial charge in [-0.25, -0.2) is 14.5 Å². The molecular weight excluding hydrogens is 370 g/mol. The molecule has 150 valence electrons. The average molecular weight is 393 g/mol. The Kier molecular flexibility index (Phi) is 5.11. The zero-order valence-electron chi connectivity index (χ0n) is 16.6. The summed E-state index contributed by atoms with van der Waals surface area (Å²) in [6.45, 7) is 6.43. The van der Waals surface area contributed by atoms with Crippen molar-refractivity contribution in [3.05, 3.63) is 54.5 Å². The molecule has 9 nitrogen and oxygen atoms in total. The SMILES string of the molecule is CC(C)[C@H]1COC(=O)N1c1ccnc(N[C@@H](C)c2cn(-c3ccccc3)nn2)n1. The number of rotatable bonds is 6. The van der Waals surface area contributed by atoms with Crippen molar-refractivity contribution in [3.63, 3.8) is 0 Å². The van der Waals surface area contributed by atoms with Gasteiger partial charge < -0.3 is 10.1 Å². The largest absolute Gasteiger partial charge is 0.447 e. The summed E-state index contributed by atoms with van der Waals surface area (Å²) in [5.41, 5.74) is 1.69. The van der Waals surface area contributed by atoms with Crippen LogP contribution >= 0.6 is 0 Å². The Bertz CT molecular complexity index is 989. The van der Waals surface area contributed by atoms with Gasteiger partial charge in [-0.05, 0) is 31.0 Å². The Labute approximate surface area is 168 Å². The monoisotopic (exact) mass is 393 g/mol. The number of hydrogen-bond acceptors (Lipinski definition) is 7. The van der Waals surface area contributed by atoms with Gasteiger partial charge in [-0.2, -0.15) is 4.98 Å². The molecule has 0 unspecified atom stereocenters. The standard InChI is InChI=1S/C20H23N7O2/c1-13(2)17-12-29-20(28)27(17)18-9-10-21-19(23-18)22-14(3)16-11-26(25-24-16)15-7-5-4-6-8-15/h4-11,13-14,17H,12H2,1-3H3,(H,21,22,23)/t14-,17+/m0/s1. The molecule has 2 atom stereocenters. The van der Waals surface area contributed by atoms with Crippen molar-refractivity contribution < 1.29 is 9.53 Å². The Morgan fingerprint density at radius 1 is 1.17 bits per heavy atom. The van der Waals surface area contributed by atoms with Crippen molar-refractivity contribution in [1.29, 1.82) is 0 Å². The maximum absolute atomic E-state index is 12.2. The van der Waals surface area contributed by atoms with Gasteiger partial charge in [0.1, 0.15) is 18.1 Å². The van der Waals surface area contributed by atoms with E-state index >= 15 is 0 Å². The van der Waals surface area contributed by atoms with Crippen molar-refractivity contribution >= 4 is 17.9 Å². The fourth-order valence-electron chi connectivity index (χ4n) is 3.19. The van der Waals surface area contributed by atoms with Gasteiger partial charge in [0.2, 0.25) is 5.95 Å². The number of aromatic nitrogens is 5. The van der Waals surface area contributed by atoms with E-state index in [4.69, 9.17) is 4.74 Å². The van der Waals surface area contributed by atoms with Gasteiger partial charge in [0.25, 0.3) is 0 Å². The fourth-order valence-corrected chi connectivity index (χ4v) is 3.19. The van der Waals surface area contributed by atoms with E-state index in [9.17, 15) is 4.79 Å². The molecule has 1 aliphatic heterocycles. The summed E-state index contributed by atoms with van der Waals surface area (Å²) in [7, 11) is 0. The molecule has 0 spiro atoms. The molecule has 1 aliphatic rings. The summed E-state index contributed by atoms with van der Waals surface area (Å²) in [4.78, 5) is 22.6. The second kappa shape index (κ2) is 7.86. The second-order valence-electron chi connectivity index (χ2n) is 7.29. The lowest BCUT2D eigenvalue weighted by Crippen LogP contribution is -2.37. The Hall–Kier alpha value is -3.49. The first-order chi connectivity index (χ1) is 14.0. The number of para-hydroxylation sites is 1. The summed E-state index contributed by atoms with van der Waals surface area (Å²) in [5.74, 6) is 1.18. The van der Waals surface area contributed by atoms with E-state index in [1.807, 2.05) is 43.5 Å². The number of anilines is 2.